The molecule has 5 nitrogen and oxygen atoms in total. The van der Waals surface area contributed by atoms with Gasteiger partial charge in [-0.15, -0.1) is 21.5 Å². The molecule has 0 aromatic carbocycles. The van der Waals surface area contributed by atoms with E-state index in [-0.39, 0.29) is 5.91 Å². The quantitative estimate of drug-likeness (QED) is 0.939. The molecule has 1 N–H and O–H groups in total. The minimum atomic E-state index is -0.244. The Morgan fingerprint density at radius 3 is 2.68 bits per heavy atom. The van der Waals surface area contributed by atoms with Crippen LogP contribution in [0.4, 0.5) is 5.82 Å². The molecule has 2 rings (SSSR count). The molecule has 0 aliphatic heterocycles. The van der Waals surface area contributed by atoms with Crippen LogP contribution >= 0.6 is 22.9 Å². The second-order valence-corrected chi connectivity index (χ2v) is 5.72. The highest BCUT2D eigenvalue weighted by Gasteiger charge is 2.09. The van der Waals surface area contributed by atoms with Gasteiger partial charge in [-0.3, -0.25) is 4.79 Å². The third kappa shape index (κ3) is 3.42. The third-order valence-electron chi connectivity index (χ3n) is 2.52. The lowest BCUT2D eigenvalue weighted by molar-refractivity contribution is 0.0957. The highest BCUT2D eigenvalue weighted by molar-refractivity contribution is 7.16. The summed E-state index contributed by atoms with van der Waals surface area (Å²) in [6.45, 7) is 0.700. The summed E-state index contributed by atoms with van der Waals surface area (Å²) in [4.78, 5) is 14.4. The van der Waals surface area contributed by atoms with Crippen molar-refractivity contribution in [3.05, 3.63) is 39.2 Å². The number of aromatic nitrogens is 2. The summed E-state index contributed by atoms with van der Waals surface area (Å²) in [7, 11) is 3.47. The third-order valence-corrected chi connectivity index (χ3v) is 3.74. The molecule has 1 amide bonds. The van der Waals surface area contributed by atoms with E-state index in [9.17, 15) is 4.79 Å². The van der Waals surface area contributed by atoms with E-state index in [2.05, 4.69) is 15.5 Å². The minimum Gasteiger partial charge on any atom is -0.354 e. The van der Waals surface area contributed by atoms with Gasteiger partial charge in [0.05, 0.1) is 10.9 Å². The summed E-state index contributed by atoms with van der Waals surface area (Å²) in [5.74, 6) is 0.462. The predicted octanol–water partition coefficient (Wildman–Crippen LogP) is 2.19. The summed E-state index contributed by atoms with van der Waals surface area (Å²) in [5.41, 5.74) is 0.304. The van der Waals surface area contributed by atoms with Crippen LogP contribution in [0.15, 0.2) is 24.3 Å². The normalized spacial score (nSPS) is 10.3. The number of nitrogens with one attached hydrogen (secondary N) is 1. The standard InChI is InChI=1S/C12H13ClN4OS/c1-14-12(18)9-4-6-11(16-15-9)17(2)7-8-3-5-10(13)19-8/h3-6H,7H2,1-2H3,(H,14,18). The Bertz CT molecular complexity index is 569. The Balaban J connectivity index is 2.07. The molecule has 7 heteroatoms. The van der Waals surface area contributed by atoms with Crippen LogP contribution in [0.25, 0.3) is 0 Å². The fourth-order valence-corrected chi connectivity index (χ4v) is 2.67. The smallest absolute Gasteiger partial charge is 0.271 e. The lowest BCUT2D eigenvalue weighted by Gasteiger charge is -2.16. The predicted molar refractivity (Wildman–Crippen MR) is 76.9 cm³/mol. The maximum Gasteiger partial charge on any atom is 0.271 e. The fourth-order valence-electron chi connectivity index (χ4n) is 1.53. The molecule has 0 aliphatic carbocycles. The van der Waals surface area contributed by atoms with Gasteiger partial charge in [0.1, 0.15) is 0 Å². The average Bonchev–Trinajstić information content (AvgIpc) is 2.83. The van der Waals surface area contributed by atoms with Crippen molar-refractivity contribution < 1.29 is 4.79 Å². The zero-order valence-electron chi connectivity index (χ0n) is 10.6. The number of rotatable bonds is 4. The van der Waals surface area contributed by atoms with E-state index in [1.165, 1.54) is 11.3 Å². The maximum absolute atomic E-state index is 11.3. The fraction of sp³-hybridized carbons (Fsp3) is 0.250. The van der Waals surface area contributed by atoms with Crippen molar-refractivity contribution in [1.82, 2.24) is 15.5 Å². The van der Waals surface area contributed by atoms with Gasteiger partial charge in [-0.2, -0.15) is 0 Å². The number of carbonyl (C=O) groups is 1. The number of carbonyl (C=O) groups excluding carboxylic acids is 1. The highest BCUT2D eigenvalue weighted by atomic mass is 35.5. The summed E-state index contributed by atoms with van der Waals surface area (Å²) >= 11 is 7.42. The molecule has 0 saturated heterocycles. The van der Waals surface area contributed by atoms with E-state index in [0.717, 1.165) is 9.21 Å². The number of amides is 1. The Hall–Kier alpha value is -1.66. The Kier molecular flexibility index (Phi) is 4.34. The first-order chi connectivity index (χ1) is 9.10. The summed E-state index contributed by atoms with van der Waals surface area (Å²) < 4.78 is 0.768. The van der Waals surface area contributed by atoms with E-state index in [1.54, 1.807) is 19.2 Å². The molecule has 0 aliphatic rings. The maximum atomic E-state index is 11.3. The number of nitrogens with zero attached hydrogens (tertiary/aromatic N) is 3. The van der Waals surface area contributed by atoms with Crippen molar-refractivity contribution in [3.8, 4) is 0 Å². The minimum absolute atomic E-state index is 0.244. The molecule has 0 radical (unpaired) electrons. The van der Waals surface area contributed by atoms with Crippen molar-refractivity contribution in [3.63, 3.8) is 0 Å². The van der Waals surface area contributed by atoms with Crippen molar-refractivity contribution in [1.29, 1.82) is 0 Å². The van der Waals surface area contributed by atoms with E-state index < -0.39 is 0 Å². The Labute approximate surface area is 120 Å². The largest absolute Gasteiger partial charge is 0.354 e. The van der Waals surface area contributed by atoms with Gasteiger partial charge >= 0.3 is 0 Å². The van der Waals surface area contributed by atoms with Gasteiger partial charge in [-0.25, -0.2) is 0 Å². The lowest BCUT2D eigenvalue weighted by atomic mass is 10.3. The van der Waals surface area contributed by atoms with Crippen LogP contribution < -0.4 is 10.2 Å². The molecule has 100 valence electrons. The second kappa shape index (κ2) is 5.99. The van der Waals surface area contributed by atoms with E-state index in [0.29, 0.717) is 18.1 Å². The van der Waals surface area contributed by atoms with Gasteiger partial charge in [0.15, 0.2) is 11.5 Å². The molecule has 0 fully saturated rings. The van der Waals surface area contributed by atoms with Crippen LogP contribution in [-0.2, 0) is 6.54 Å². The van der Waals surface area contributed by atoms with Crippen LogP contribution in [0.2, 0.25) is 4.34 Å². The van der Waals surface area contributed by atoms with Crippen molar-refractivity contribution in [2.45, 2.75) is 6.54 Å². The monoisotopic (exact) mass is 296 g/mol. The van der Waals surface area contributed by atoms with E-state index in [1.807, 2.05) is 24.1 Å². The molecule has 0 bridgehead atoms. The first kappa shape index (κ1) is 13.8. The van der Waals surface area contributed by atoms with E-state index in [4.69, 9.17) is 11.6 Å². The van der Waals surface area contributed by atoms with Crippen LogP contribution in [-0.4, -0.2) is 30.2 Å². The van der Waals surface area contributed by atoms with Crippen LogP contribution in [0.1, 0.15) is 15.4 Å². The molecule has 0 unspecified atom stereocenters. The van der Waals surface area contributed by atoms with Gasteiger partial charge in [-0.1, -0.05) is 11.6 Å². The molecule has 0 atom stereocenters. The SMILES string of the molecule is CNC(=O)c1ccc(N(C)Cc2ccc(Cl)s2)nn1. The molecular weight excluding hydrogens is 284 g/mol. The van der Waals surface area contributed by atoms with Crippen molar-refractivity contribution >= 4 is 34.7 Å². The highest BCUT2D eigenvalue weighted by Crippen LogP contribution is 2.23. The lowest BCUT2D eigenvalue weighted by Crippen LogP contribution is -2.21. The zero-order chi connectivity index (χ0) is 13.8. The van der Waals surface area contributed by atoms with Crippen molar-refractivity contribution in [2.75, 3.05) is 19.0 Å². The van der Waals surface area contributed by atoms with Gasteiger partial charge in [0, 0.05) is 19.0 Å². The number of hydrogen-bond donors (Lipinski definition) is 1. The number of halogens is 1. The summed E-state index contributed by atoms with van der Waals surface area (Å²) in [5, 5.41) is 10.4. The number of thiophene rings is 1. The van der Waals surface area contributed by atoms with E-state index >= 15 is 0 Å². The van der Waals surface area contributed by atoms with Crippen LogP contribution in [0.5, 0.6) is 0 Å². The number of hydrogen-bond acceptors (Lipinski definition) is 5. The first-order valence-corrected chi connectivity index (χ1v) is 6.80. The molecule has 19 heavy (non-hydrogen) atoms. The molecule has 0 spiro atoms. The average molecular weight is 297 g/mol. The molecule has 2 heterocycles. The first-order valence-electron chi connectivity index (χ1n) is 5.61. The van der Waals surface area contributed by atoms with Crippen molar-refractivity contribution in [2.24, 2.45) is 0 Å². The van der Waals surface area contributed by atoms with Gasteiger partial charge in [-0.05, 0) is 24.3 Å². The zero-order valence-corrected chi connectivity index (χ0v) is 12.1. The topological polar surface area (TPSA) is 58.1 Å². The van der Waals surface area contributed by atoms with Gasteiger partial charge < -0.3 is 10.2 Å². The van der Waals surface area contributed by atoms with Gasteiger partial charge in [0.25, 0.3) is 5.91 Å². The second-order valence-electron chi connectivity index (χ2n) is 3.92. The molecule has 2 aromatic heterocycles. The molecule has 2 aromatic rings. The Morgan fingerprint density at radius 1 is 1.37 bits per heavy atom. The van der Waals surface area contributed by atoms with Crippen LogP contribution in [0, 0.1) is 0 Å². The summed E-state index contributed by atoms with van der Waals surface area (Å²) in [6, 6.07) is 7.28. The Morgan fingerprint density at radius 2 is 2.16 bits per heavy atom. The number of anilines is 1. The molecule has 0 saturated carbocycles. The van der Waals surface area contributed by atoms with Gasteiger partial charge in [0.2, 0.25) is 0 Å². The summed E-state index contributed by atoms with van der Waals surface area (Å²) in [6.07, 6.45) is 0. The van der Waals surface area contributed by atoms with Crippen LogP contribution in [0.3, 0.4) is 0 Å². The molecular formula is C12H13ClN4OS.